The van der Waals surface area contributed by atoms with Gasteiger partial charge < -0.3 is 0 Å². The van der Waals surface area contributed by atoms with Crippen LogP contribution in [-0.2, 0) is 12.0 Å². The summed E-state index contributed by atoms with van der Waals surface area (Å²) in [6, 6.07) is 9.96. The summed E-state index contributed by atoms with van der Waals surface area (Å²) in [5, 5.41) is 0.645. The SMILES string of the molecule is CCc1ccc(-n2c(=O)c3cc4c(=O)n(C(C)(C)C)c(=O)c4cc3c2=O)cc1. The third-order valence-corrected chi connectivity index (χ3v) is 5.17. The van der Waals surface area contributed by atoms with Gasteiger partial charge in [0, 0.05) is 5.54 Å². The third-order valence-electron chi connectivity index (χ3n) is 5.17. The number of benzene rings is 2. The van der Waals surface area contributed by atoms with Crippen molar-refractivity contribution in [1.82, 2.24) is 9.13 Å². The van der Waals surface area contributed by atoms with Crippen molar-refractivity contribution in [3.63, 3.8) is 0 Å². The zero-order valence-corrected chi connectivity index (χ0v) is 16.2. The minimum atomic E-state index is -0.696. The lowest BCUT2D eigenvalue weighted by Crippen LogP contribution is -2.38. The van der Waals surface area contributed by atoms with Gasteiger partial charge in [-0.2, -0.15) is 0 Å². The van der Waals surface area contributed by atoms with Crippen LogP contribution in [0.3, 0.4) is 0 Å². The molecular formula is C22H20N2O4. The lowest BCUT2D eigenvalue weighted by molar-refractivity contribution is 0.380. The molecule has 0 aliphatic rings. The predicted octanol–water partition coefficient (Wildman–Crippen LogP) is 2.22. The lowest BCUT2D eigenvalue weighted by atomic mass is 10.1. The summed E-state index contributed by atoms with van der Waals surface area (Å²) < 4.78 is 2.26. The van der Waals surface area contributed by atoms with Gasteiger partial charge in [-0.05, 0) is 57.0 Å². The topological polar surface area (TPSA) is 78.1 Å². The molecule has 2 aromatic carbocycles. The van der Waals surface area contributed by atoms with Crippen LogP contribution in [0.25, 0.3) is 27.2 Å². The number of aromatic nitrogens is 2. The Kier molecular flexibility index (Phi) is 3.79. The van der Waals surface area contributed by atoms with E-state index in [1.54, 1.807) is 32.9 Å². The van der Waals surface area contributed by atoms with Gasteiger partial charge in [-0.25, -0.2) is 4.57 Å². The lowest BCUT2D eigenvalue weighted by Gasteiger charge is -2.18. The average Bonchev–Trinajstić information content (AvgIpc) is 3.04. The Morgan fingerprint density at radius 2 is 1.14 bits per heavy atom. The molecule has 4 aromatic rings. The van der Waals surface area contributed by atoms with Crippen LogP contribution < -0.4 is 22.2 Å². The highest BCUT2D eigenvalue weighted by Crippen LogP contribution is 2.18. The van der Waals surface area contributed by atoms with Crippen LogP contribution in [0.5, 0.6) is 0 Å². The average molecular weight is 376 g/mol. The first-order valence-corrected chi connectivity index (χ1v) is 9.19. The zero-order valence-electron chi connectivity index (χ0n) is 16.2. The van der Waals surface area contributed by atoms with Crippen molar-refractivity contribution in [2.75, 3.05) is 0 Å². The van der Waals surface area contributed by atoms with Gasteiger partial charge >= 0.3 is 0 Å². The number of hydrogen-bond donors (Lipinski definition) is 0. The Labute approximate surface area is 160 Å². The maximum atomic E-state index is 12.9. The van der Waals surface area contributed by atoms with E-state index in [0.29, 0.717) is 5.69 Å². The van der Waals surface area contributed by atoms with Gasteiger partial charge in [0.05, 0.1) is 27.2 Å². The molecular weight excluding hydrogens is 356 g/mol. The monoisotopic (exact) mass is 376 g/mol. The molecule has 0 N–H and O–H groups in total. The first kappa shape index (κ1) is 18.1. The summed E-state index contributed by atoms with van der Waals surface area (Å²) in [6.45, 7) is 7.31. The molecule has 0 radical (unpaired) electrons. The number of nitrogens with zero attached hydrogens (tertiary/aromatic N) is 2. The molecule has 0 atom stereocenters. The Balaban J connectivity index is 2.08. The van der Waals surface area contributed by atoms with E-state index in [4.69, 9.17) is 0 Å². The van der Waals surface area contributed by atoms with Gasteiger partial charge in [-0.3, -0.25) is 23.7 Å². The summed E-state index contributed by atoms with van der Waals surface area (Å²) in [5.41, 5.74) is -0.987. The minimum Gasteiger partial charge on any atom is -0.269 e. The van der Waals surface area contributed by atoms with Crippen LogP contribution in [0, 0.1) is 0 Å². The van der Waals surface area contributed by atoms with Crippen molar-refractivity contribution in [2.45, 2.75) is 39.7 Å². The summed E-state index contributed by atoms with van der Waals surface area (Å²) >= 11 is 0. The van der Waals surface area contributed by atoms with E-state index in [0.717, 1.165) is 16.6 Å². The van der Waals surface area contributed by atoms with Gasteiger partial charge in [0.1, 0.15) is 0 Å². The summed E-state index contributed by atoms with van der Waals surface area (Å²) in [5.74, 6) is 0. The van der Waals surface area contributed by atoms with E-state index >= 15 is 0 Å². The van der Waals surface area contributed by atoms with E-state index in [2.05, 4.69) is 0 Å². The van der Waals surface area contributed by atoms with Crippen molar-refractivity contribution in [2.24, 2.45) is 0 Å². The fraction of sp³-hybridized carbons (Fsp3) is 0.273. The Bertz CT molecular complexity index is 1360. The molecule has 0 unspecified atom stereocenters. The molecule has 142 valence electrons. The molecule has 6 heteroatoms. The van der Waals surface area contributed by atoms with E-state index in [1.165, 1.54) is 16.7 Å². The third kappa shape index (κ3) is 2.41. The standard InChI is InChI=1S/C22H20N2O4/c1-5-12-6-8-13(9-7-12)23-18(25)14-10-16-17(11-15(14)19(23)26)21(28)24(20(16)27)22(2,3)4/h6-11H,5H2,1-4H3. The molecule has 0 fully saturated rings. The molecule has 0 bridgehead atoms. The fourth-order valence-electron chi connectivity index (χ4n) is 3.70. The van der Waals surface area contributed by atoms with Crippen molar-refractivity contribution in [3.8, 4) is 5.69 Å². The first-order chi connectivity index (χ1) is 13.1. The van der Waals surface area contributed by atoms with Crippen molar-refractivity contribution in [1.29, 1.82) is 0 Å². The predicted molar refractivity (Wildman–Crippen MR) is 111 cm³/mol. The van der Waals surface area contributed by atoms with Gasteiger partial charge in [-0.1, -0.05) is 19.1 Å². The molecule has 28 heavy (non-hydrogen) atoms. The van der Waals surface area contributed by atoms with E-state index in [-0.39, 0.29) is 21.5 Å². The molecule has 2 heterocycles. The molecule has 0 saturated heterocycles. The van der Waals surface area contributed by atoms with Gasteiger partial charge in [0.15, 0.2) is 0 Å². The van der Waals surface area contributed by atoms with Gasteiger partial charge in [0.2, 0.25) is 0 Å². The zero-order chi connectivity index (χ0) is 20.4. The molecule has 4 rings (SSSR count). The number of fused-ring (bicyclic) bond motifs is 2. The second-order valence-electron chi connectivity index (χ2n) is 8.03. The van der Waals surface area contributed by atoms with Crippen LogP contribution in [-0.4, -0.2) is 9.13 Å². The summed E-state index contributed by atoms with van der Waals surface area (Å²) in [4.78, 5) is 51.4. The largest absolute Gasteiger partial charge is 0.269 e. The Morgan fingerprint density at radius 1 is 0.714 bits per heavy atom. The van der Waals surface area contributed by atoms with Gasteiger partial charge in [-0.15, -0.1) is 0 Å². The van der Waals surface area contributed by atoms with Crippen LogP contribution >= 0.6 is 0 Å². The van der Waals surface area contributed by atoms with Crippen LogP contribution in [0.1, 0.15) is 33.3 Å². The first-order valence-electron chi connectivity index (χ1n) is 9.19. The molecule has 2 aromatic heterocycles. The van der Waals surface area contributed by atoms with Crippen LogP contribution in [0.2, 0.25) is 0 Å². The molecule has 6 nitrogen and oxygen atoms in total. The van der Waals surface area contributed by atoms with E-state index in [1.807, 2.05) is 19.1 Å². The van der Waals surface area contributed by atoms with Crippen molar-refractivity contribution in [3.05, 3.63) is 83.4 Å². The van der Waals surface area contributed by atoms with Crippen LogP contribution in [0.4, 0.5) is 0 Å². The smallest absolute Gasteiger partial charge is 0.266 e. The highest BCUT2D eigenvalue weighted by atomic mass is 16.2. The Morgan fingerprint density at radius 3 is 1.54 bits per heavy atom. The number of aryl methyl sites for hydroxylation is 1. The normalized spacial score (nSPS) is 12.3. The molecule has 0 spiro atoms. The fourth-order valence-corrected chi connectivity index (χ4v) is 3.70. The second kappa shape index (κ2) is 5.86. The maximum absolute atomic E-state index is 12.9. The van der Waals surface area contributed by atoms with Crippen molar-refractivity contribution >= 4 is 21.5 Å². The van der Waals surface area contributed by atoms with Crippen molar-refractivity contribution < 1.29 is 0 Å². The molecule has 0 aliphatic heterocycles. The quantitative estimate of drug-likeness (QED) is 0.537. The minimum absolute atomic E-state index is 0.153. The summed E-state index contributed by atoms with van der Waals surface area (Å²) in [7, 11) is 0. The number of rotatable bonds is 2. The molecule has 0 saturated carbocycles. The Hall–Kier alpha value is -3.28. The highest BCUT2D eigenvalue weighted by molar-refractivity contribution is 5.98. The van der Waals surface area contributed by atoms with Gasteiger partial charge in [0.25, 0.3) is 22.2 Å². The number of hydrogen-bond acceptors (Lipinski definition) is 4. The summed E-state index contributed by atoms with van der Waals surface area (Å²) in [6.07, 6.45) is 0.851. The van der Waals surface area contributed by atoms with E-state index < -0.39 is 27.8 Å². The maximum Gasteiger partial charge on any atom is 0.266 e. The van der Waals surface area contributed by atoms with Crippen LogP contribution in [0.15, 0.2) is 55.6 Å². The van der Waals surface area contributed by atoms with E-state index in [9.17, 15) is 19.2 Å². The molecule has 0 amide bonds. The highest BCUT2D eigenvalue weighted by Gasteiger charge is 2.25. The second-order valence-corrected chi connectivity index (χ2v) is 8.03. The molecule has 0 aliphatic carbocycles.